The first kappa shape index (κ1) is 50.7. The van der Waals surface area contributed by atoms with Gasteiger partial charge in [-0.1, -0.05) is 221 Å². The fraction of sp³-hybridized carbons (Fsp3) is 0.0278. The lowest BCUT2D eigenvalue weighted by Crippen LogP contribution is -1.94. The van der Waals surface area contributed by atoms with Gasteiger partial charge in [-0.25, -0.2) is 0 Å². The minimum atomic E-state index is 0.901. The van der Waals surface area contributed by atoms with Crippen LogP contribution in [0.5, 0.6) is 0 Å². The number of para-hydroxylation sites is 2. The Balaban J connectivity index is 0.000000332. The number of benzene rings is 9. The molecule has 0 saturated heterocycles. The van der Waals surface area contributed by atoms with E-state index in [1.54, 1.807) is 18.2 Å². The van der Waals surface area contributed by atoms with E-state index in [1.807, 2.05) is 55.6 Å². The topological polar surface area (TPSA) is 9.86 Å². The first-order chi connectivity index (χ1) is 37.0. The third kappa shape index (κ3) is 10.1. The van der Waals surface area contributed by atoms with E-state index < -0.39 is 0 Å². The Kier molecular flexibility index (Phi) is 15.9. The van der Waals surface area contributed by atoms with Crippen molar-refractivity contribution in [2.24, 2.45) is 0 Å². The van der Waals surface area contributed by atoms with Crippen molar-refractivity contribution in [2.45, 2.75) is 13.8 Å². The van der Waals surface area contributed by atoms with E-state index in [9.17, 15) is 0 Å². The molecule has 75 heavy (non-hydrogen) atoms. The second-order valence-electron chi connectivity index (χ2n) is 17.7. The van der Waals surface area contributed by atoms with E-state index in [-0.39, 0.29) is 0 Å². The highest BCUT2D eigenvalue weighted by Crippen LogP contribution is 2.48. The predicted octanol–water partition coefficient (Wildman–Crippen LogP) is 21.2. The summed E-state index contributed by atoms with van der Waals surface area (Å²) in [5.74, 6) is 0. The van der Waals surface area contributed by atoms with Crippen molar-refractivity contribution in [1.29, 1.82) is 0 Å². The molecule has 0 fully saturated rings. The molecular formula is C72H60N2S. The van der Waals surface area contributed by atoms with Crippen molar-refractivity contribution in [3.8, 4) is 44.8 Å². The van der Waals surface area contributed by atoms with E-state index >= 15 is 0 Å². The Labute approximate surface area is 445 Å². The van der Waals surface area contributed by atoms with Gasteiger partial charge in [0, 0.05) is 48.4 Å². The van der Waals surface area contributed by atoms with Crippen molar-refractivity contribution in [2.75, 3.05) is 0 Å². The van der Waals surface area contributed by atoms with Crippen LogP contribution in [0.25, 0.3) is 109 Å². The molecule has 0 aliphatic carbocycles. The molecular weight excluding hydrogens is 925 g/mol. The molecule has 3 heteroatoms. The van der Waals surface area contributed by atoms with E-state index in [1.165, 1.54) is 97.2 Å². The summed E-state index contributed by atoms with van der Waals surface area (Å²) in [5.41, 5.74) is 16.5. The predicted molar refractivity (Wildman–Crippen MR) is 333 cm³/mol. The number of aromatic nitrogens is 2. The summed E-state index contributed by atoms with van der Waals surface area (Å²) in [4.78, 5) is 0. The molecule has 12 aromatic rings. The smallest absolute Gasteiger partial charge is 0.0726 e. The van der Waals surface area contributed by atoms with Gasteiger partial charge >= 0.3 is 0 Å². The Hall–Kier alpha value is -9.28. The fourth-order valence-corrected chi connectivity index (χ4v) is 11.1. The second kappa shape index (κ2) is 23.5. The fourth-order valence-electron chi connectivity index (χ4n) is 9.87. The lowest BCUT2D eigenvalue weighted by Gasteiger charge is -2.12. The second-order valence-corrected chi connectivity index (χ2v) is 18.8. The first-order valence-electron chi connectivity index (χ1n) is 25.2. The lowest BCUT2D eigenvalue weighted by atomic mass is 9.95. The molecule has 0 saturated carbocycles. The molecule has 12 rings (SSSR count). The van der Waals surface area contributed by atoms with Gasteiger partial charge in [-0.2, -0.15) is 0 Å². The van der Waals surface area contributed by atoms with Gasteiger partial charge in [-0.3, -0.25) is 0 Å². The molecule has 0 N–H and O–H groups in total. The van der Waals surface area contributed by atoms with Gasteiger partial charge in [0.2, 0.25) is 0 Å². The molecule has 2 nitrogen and oxygen atoms in total. The highest BCUT2D eigenvalue weighted by Gasteiger charge is 2.23. The number of hydrogen-bond donors (Lipinski definition) is 0. The standard InChI is InChI=1S/C54H34N2S.C11H14.C5H8.C2H4/c1-3-13-35(14-4-1)37-23-28-40(29-24-37)55-48-20-10-7-17-42(48)46-33-39(27-32-50(46)55)45-34-47-43-18-9-12-22-51(43)57-54(47)53-52(45)44-19-8-11-21-49(44)56(53)41-30-25-38(26-31-41)36-15-5-2-6-16-36;1-5-8-9-11(7-3)10(4)6-2;1-3-5-4-2;1-2/h1-34H;5-9H,2-4H2,1H3;3-5H,1H2,2H3;1-2H2/b;8-5-,11-9+;5-4-;. The van der Waals surface area contributed by atoms with Crippen LogP contribution in [-0.2, 0) is 0 Å². The number of rotatable bonds is 10. The maximum atomic E-state index is 3.81. The molecule has 3 heterocycles. The third-order valence-electron chi connectivity index (χ3n) is 13.4. The zero-order chi connectivity index (χ0) is 52.3. The zero-order valence-corrected chi connectivity index (χ0v) is 43.6. The maximum Gasteiger partial charge on any atom is 0.0726 e. The van der Waals surface area contributed by atoms with E-state index in [0.717, 1.165) is 22.5 Å². The van der Waals surface area contributed by atoms with Crippen molar-refractivity contribution < 1.29 is 0 Å². The SMILES string of the molecule is C=C.C=C/C=C\C.C=CC(=C)/C(C=C)=C/C=C\C.c1ccc(-c2ccc(-n3c4ccccc4c4cc(-c5cc6c7ccccc7sc6c6c5c5ccccc5n6-c5ccc(-c6ccccc6)cc5)ccc43)cc2)cc1. The van der Waals surface area contributed by atoms with Crippen molar-refractivity contribution in [1.82, 2.24) is 9.13 Å². The monoisotopic (exact) mass is 984 g/mol. The van der Waals surface area contributed by atoms with Crippen LogP contribution in [0.3, 0.4) is 0 Å². The van der Waals surface area contributed by atoms with Crippen LogP contribution >= 0.6 is 11.3 Å². The van der Waals surface area contributed by atoms with E-state index in [4.69, 9.17) is 0 Å². The van der Waals surface area contributed by atoms with Crippen LogP contribution in [0, 0.1) is 0 Å². The Morgan fingerprint density at radius 3 is 1.49 bits per heavy atom. The summed E-state index contributed by atoms with van der Waals surface area (Å²) in [6.07, 6.45) is 14.9. The summed E-state index contributed by atoms with van der Waals surface area (Å²) in [7, 11) is 0. The quantitative estimate of drug-likeness (QED) is 0.0955. The highest BCUT2D eigenvalue weighted by molar-refractivity contribution is 7.26. The molecule has 0 atom stereocenters. The maximum absolute atomic E-state index is 3.81. The average molecular weight is 985 g/mol. The number of fused-ring (bicyclic) bond motifs is 10. The molecule has 0 amide bonds. The highest BCUT2D eigenvalue weighted by atomic mass is 32.1. The van der Waals surface area contributed by atoms with Gasteiger partial charge < -0.3 is 9.13 Å². The molecule has 0 radical (unpaired) electrons. The summed E-state index contributed by atoms with van der Waals surface area (Å²) < 4.78 is 7.54. The van der Waals surface area contributed by atoms with Crippen LogP contribution < -0.4 is 0 Å². The van der Waals surface area contributed by atoms with Gasteiger partial charge in [-0.05, 0) is 119 Å². The molecule has 0 spiro atoms. The van der Waals surface area contributed by atoms with E-state index in [2.05, 4.69) is 255 Å². The molecule has 0 aliphatic rings. The van der Waals surface area contributed by atoms with Gasteiger partial charge in [0.15, 0.2) is 0 Å². The Morgan fingerprint density at radius 2 is 0.933 bits per heavy atom. The van der Waals surface area contributed by atoms with Crippen LogP contribution in [0.1, 0.15) is 13.8 Å². The molecule has 364 valence electrons. The van der Waals surface area contributed by atoms with Gasteiger partial charge in [0.25, 0.3) is 0 Å². The zero-order valence-electron chi connectivity index (χ0n) is 42.8. The molecule has 0 aliphatic heterocycles. The van der Waals surface area contributed by atoms with Crippen LogP contribution in [0.2, 0.25) is 0 Å². The average Bonchev–Trinajstić information content (AvgIpc) is 4.16. The van der Waals surface area contributed by atoms with Crippen molar-refractivity contribution in [3.05, 3.63) is 305 Å². The van der Waals surface area contributed by atoms with Crippen molar-refractivity contribution >= 4 is 75.1 Å². The molecule has 0 bridgehead atoms. The first-order valence-corrected chi connectivity index (χ1v) is 26.0. The molecule has 0 unspecified atom stereocenters. The lowest BCUT2D eigenvalue weighted by molar-refractivity contribution is 1.18. The van der Waals surface area contributed by atoms with Crippen LogP contribution in [0.15, 0.2) is 305 Å². The molecule has 9 aromatic carbocycles. The minimum Gasteiger partial charge on any atom is -0.309 e. The number of hydrogen-bond acceptors (Lipinski definition) is 1. The third-order valence-corrected chi connectivity index (χ3v) is 14.6. The number of thiophene rings is 1. The largest absolute Gasteiger partial charge is 0.309 e. The van der Waals surface area contributed by atoms with Crippen molar-refractivity contribution in [3.63, 3.8) is 0 Å². The minimum absolute atomic E-state index is 0.901. The summed E-state index contributed by atoms with van der Waals surface area (Å²) in [6.45, 7) is 24.5. The van der Waals surface area contributed by atoms with E-state index in [0.29, 0.717) is 0 Å². The van der Waals surface area contributed by atoms with Gasteiger partial charge in [0.05, 0.1) is 26.8 Å². The Morgan fingerprint density at radius 1 is 0.440 bits per heavy atom. The Bertz CT molecular complexity index is 4100. The summed E-state index contributed by atoms with van der Waals surface area (Å²) in [6, 6.07) is 75.5. The van der Waals surface area contributed by atoms with Gasteiger partial charge in [-0.15, -0.1) is 24.5 Å². The van der Waals surface area contributed by atoms with Gasteiger partial charge in [0.1, 0.15) is 0 Å². The summed E-state index contributed by atoms with van der Waals surface area (Å²) >= 11 is 1.90. The summed E-state index contributed by atoms with van der Waals surface area (Å²) in [5, 5.41) is 7.64. The van der Waals surface area contributed by atoms with Crippen LogP contribution in [-0.4, -0.2) is 9.13 Å². The number of nitrogens with zero attached hydrogens (tertiary/aromatic N) is 2. The normalized spacial score (nSPS) is 11.4. The van der Waals surface area contributed by atoms with Crippen LogP contribution in [0.4, 0.5) is 0 Å². The molecule has 3 aromatic heterocycles. The number of allylic oxidation sites excluding steroid dienone is 10.